The van der Waals surface area contributed by atoms with Crippen molar-refractivity contribution < 1.29 is 5.11 Å². The highest BCUT2D eigenvalue weighted by Gasteiger charge is 2.12. The molecule has 2 nitrogen and oxygen atoms in total. The zero-order chi connectivity index (χ0) is 15.2. The number of halogens is 2. The van der Waals surface area contributed by atoms with Crippen molar-refractivity contribution in [2.24, 2.45) is 0 Å². The summed E-state index contributed by atoms with van der Waals surface area (Å²) in [4.78, 5) is 0. The van der Waals surface area contributed by atoms with Crippen LogP contribution < -0.4 is 5.32 Å². The van der Waals surface area contributed by atoms with Gasteiger partial charge in [-0.05, 0) is 30.5 Å². The summed E-state index contributed by atoms with van der Waals surface area (Å²) in [5.41, 5.74) is 3.37. The minimum absolute atomic E-state index is 0.0503. The molecular weight excluding hydrogens is 305 g/mol. The van der Waals surface area contributed by atoms with Crippen molar-refractivity contribution in [3.05, 3.63) is 69.2 Å². The van der Waals surface area contributed by atoms with Crippen molar-refractivity contribution in [2.75, 3.05) is 6.61 Å². The molecular formula is C17H19Cl2NO. The Hall–Kier alpha value is -1.06. The highest BCUT2D eigenvalue weighted by molar-refractivity contribution is 6.42. The first-order valence-electron chi connectivity index (χ1n) is 6.93. The van der Waals surface area contributed by atoms with Crippen LogP contribution in [0.5, 0.6) is 0 Å². The number of aliphatic hydroxyl groups excluding tert-OH is 1. The maximum absolute atomic E-state index is 9.53. The first-order valence-corrected chi connectivity index (χ1v) is 7.68. The molecule has 21 heavy (non-hydrogen) atoms. The van der Waals surface area contributed by atoms with Gasteiger partial charge in [0.15, 0.2) is 0 Å². The van der Waals surface area contributed by atoms with Gasteiger partial charge in [-0.2, -0.15) is 0 Å². The first kappa shape index (κ1) is 16.3. The molecule has 0 saturated heterocycles. The lowest BCUT2D eigenvalue weighted by molar-refractivity contribution is 0.241. The number of hydrogen-bond acceptors (Lipinski definition) is 2. The van der Waals surface area contributed by atoms with Crippen LogP contribution in [0.2, 0.25) is 10.0 Å². The molecule has 2 aromatic carbocycles. The third kappa shape index (κ3) is 4.72. The fourth-order valence-electron chi connectivity index (χ4n) is 2.14. The van der Waals surface area contributed by atoms with E-state index in [1.165, 1.54) is 11.1 Å². The standard InChI is InChI=1S/C17H19Cl2NO/c1-12-5-7-13(8-6-12)10-20-15(11-21)9-14-3-2-4-16(18)17(14)19/h2-8,15,20-21H,9-11H2,1H3. The smallest absolute Gasteiger partial charge is 0.0624 e. The van der Waals surface area contributed by atoms with Crippen molar-refractivity contribution in [2.45, 2.75) is 25.9 Å². The minimum Gasteiger partial charge on any atom is -0.395 e. The fraction of sp³-hybridized carbons (Fsp3) is 0.294. The molecule has 2 rings (SSSR count). The van der Waals surface area contributed by atoms with Gasteiger partial charge in [-0.1, -0.05) is 65.2 Å². The number of hydrogen-bond donors (Lipinski definition) is 2. The fourth-order valence-corrected chi connectivity index (χ4v) is 2.54. The van der Waals surface area contributed by atoms with E-state index < -0.39 is 0 Å². The Morgan fingerprint density at radius 1 is 1.10 bits per heavy atom. The van der Waals surface area contributed by atoms with Crippen LogP contribution in [-0.4, -0.2) is 17.8 Å². The van der Waals surface area contributed by atoms with E-state index in [1.807, 2.05) is 12.1 Å². The lowest BCUT2D eigenvalue weighted by Crippen LogP contribution is -2.34. The van der Waals surface area contributed by atoms with Gasteiger partial charge in [0.25, 0.3) is 0 Å². The molecule has 1 unspecified atom stereocenters. The second-order valence-electron chi connectivity index (χ2n) is 5.16. The zero-order valence-corrected chi connectivity index (χ0v) is 13.5. The number of rotatable bonds is 6. The van der Waals surface area contributed by atoms with Gasteiger partial charge in [-0.15, -0.1) is 0 Å². The van der Waals surface area contributed by atoms with Crippen molar-refractivity contribution in [3.63, 3.8) is 0 Å². The van der Waals surface area contributed by atoms with Crippen molar-refractivity contribution in [3.8, 4) is 0 Å². The first-order chi connectivity index (χ1) is 10.1. The van der Waals surface area contributed by atoms with E-state index in [2.05, 4.69) is 36.5 Å². The van der Waals surface area contributed by atoms with Gasteiger partial charge in [0.2, 0.25) is 0 Å². The van der Waals surface area contributed by atoms with Gasteiger partial charge in [-0.25, -0.2) is 0 Å². The molecule has 112 valence electrons. The van der Waals surface area contributed by atoms with Crippen LogP contribution in [0.25, 0.3) is 0 Å². The number of aryl methyl sites for hydroxylation is 1. The van der Waals surface area contributed by atoms with Crippen molar-refractivity contribution >= 4 is 23.2 Å². The van der Waals surface area contributed by atoms with Gasteiger partial charge in [0.1, 0.15) is 0 Å². The third-order valence-electron chi connectivity index (χ3n) is 3.43. The van der Waals surface area contributed by atoms with E-state index in [0.717, 1.165) is 5.56 Å². The van der Waals surface area contributed by atoms with Crippen LogP contribution in [0.15, 0.2) is 42.5 Å². The summed E-state index contributed by atoms with van der Waals surface area (Å²) < 4.78 is 0. The number of nitrogens with one attached hydrogen (secondary N) is 1. The highest BCUT2D eigenvalue weighted by atomic mass is 35.5. The van der Waals surface area contributed by atoms with Crippen LogP contribution in [0.3, 0.4) is 0 Å². The lowest BCUT2D eigenvalue weighted by atomic mass is 10.1. The molecule has 0 spiro atoms. The van der Waals surface area contributed by atoms with E-state index >= 15 is 0 Å². The lowest BCUT2D eigenvalue weighted by Gasteiger charge is -2.17. The quantitative estimate of drug-likeness (QED) is 0.842. The van der Waals surface area contributed by atoms with E-state index in [1.54, 1.807) is 6.07 Å². The summed E-state index contributed by atoms with van der Waals surface area (Å²) in [5.74, 6) is 0. The summed E-state index contributed by atoms with van der Waals surface area (Å²) >= 11 is 12.2. The Kier molecular flexibility index (Phi) is 6.07. The molecule has 0 radical (unpaired) electrons. The van der Waals surface area contributed by atoms with Gasteiger partial charge in [-0.3, -0.25) is 0 Å². The SMILES string of the molecule is Cc1ccc(CNC(CO)Cc2cccc(Cl)c2Cl)cc1. The predicted octanol–water partition coefficient (Wildman–Crippen LogP) is 4.00. The van der Waals surface area contributed by atoms with E-state index in [-0.39, 0.29) is 12.6 Å². The Balaban J connectivity index is 1.97. The molecule has 4 heteroatoms. The van der Waals surface area contributed by atoms with Crippen molar-refractivity contribution in [1.82, 2.24) is 5.32 Å². The molecule has 0 bridgehead atoms. The maximum Gasteiger partial charge on any atom is 0.0624 e. The molecule has 0 heterocycles. The molecule has 1 atom stereocenters. The van der Waals surface area contributed by atoms with Crippen LogP contribution in [-0.2, 0) is 13.0 Å². The maximum atomic E-state index is 9.53. The molecule has 0 aliphatic heterocycles. The normalized spacial score (nSPS) is 12.4. The average Bonchev–Trinajstić information content (AvgIpc) is 2.49. The van der Waals surface area contributed by atoms with E-state index in [4.69, 9.17) is 23.2 Å². The summed E-state index contributed by atoms with van der Waals surface area (Å²) in [6.45, 7) is 2.83. The van der Waals surface area contributed by atoms with Crippen LogP contribution in [0.1, 0.15) is 16.7 Å². The van der Waals surface area contributed by atoms with Crippen LogP contribution in [0, 0.1) is 6.92 Å². The Bertz CT molecular complexity index is 584. The van der Waals surface area contributed by atoms with E-state index in [0.29, 0.717) is 23.0 Å². The topological polar surface area (TPSA) is 32.3 Å². The van der Waals surface area contributed by atoms with Crippen molar-refractivity contribution in [1.29, 1.82) is 0 Å². The van der Waals surface area contributed by atoms with Crippen LogP contribution in [0.4, 0.5) is 0 Å². The molecule has 0 fully saturated rings. The minimum atomic E-state index is -0.0535. The van der Waals surface area contributed by atoms with Gasteiger partial charge < -0.3 is 10.4 Å². The third-order valence-corrected chi connectivity index (χ3v) is 4.29. The van der Waals surface area contributed by atoms with Gasteiger partial charge in [0.05, 0.1) is 16.7 Å². The monoisotopic (exact) mass is 323 g/mol. The van der Waals surface area contributed by atoms with Gasteiger partial charge >= 0.3 is 0 Å². The highest BCUT2D eigenvalue weighted by Crippen LogP contribution is 2.26. The molecule has 0 aliphatic carbocycles. The predicted molar refractivity (Wildman–Crippen MR) is 89.1 cm³/mol. The Morgan fingerprint density at radius 3 is 2.48 bits per heavy atom. The van der Waals surface area contributed by atoms with Crippen LogP contribution >= 0.6 is 23.2 Å². The molecule has 0 amide bonds. The number of benzene rings is 2. The summed E-state index contributed by atoms with van der Waals surface area (Å²) in [7, 11) is 0. The molecule has 0 saturated carbocycles. The molecule has 0 aromatic heterocycles. The van der Waals surface area contributed by atoms with E-state index in [9.17, 15) is 5.11 Å². The zero-order valence-electron chi connectivity index (χ0n) is 11.9. The molecule has 2 aromatic rings. The van der Waals surface area contributed by atoms with Gasteiger partial charge in [0, 0.05) is 12.6 Å². The molecule has 2 N–H and O–H groups in total. The second-order valence-corrected chi connectivity index (χ2v) is 5.95. The summed E-state index contributed by atoms with van der Waals surface area (Å²) in [6, 6.07) is 13.9. The largest absolute Gasteiger partial charge is 0.395 e. The summed E-state index contributed by atoms with van der Waals surface area (Å²) in [5, 5.41) is 14.0. The average molecular weight is 324 g/mol. The second kappa shape index (κ2) is 7.81. The Labute approximate surface area is 135 Å². The Morgan fingerprint density at radius 2 is 1.81 bits per heavy atom. The summed E-state index contributed by atoms with van der Waals surface area (Å²) in [6.07, 6.45) is 0.641. The molecule has 0 aliphatic rings. The number of aliphatic hydroxyl groups is 1.